The number of hydrogen-bond acceptors (Lipinski definition) is 11. The Balaban J connectivity index is 2.68. The summed E-state index contributed by atoms with van der Waals surface area (Å²) >= 11 is 0. The number of hydrogen-bond donors (Lipinski definition) is 11. The summed E-state index contributed by atoms with van der Waals surface area (Å²) in [5, 5.41) is 37.6. The number of carbonyl (C=O) groups is 9. The van der Waals surface area contributed by atoms with E-state index in [0.29, 0.717) is 12.0 Å². The van der Waals surface area contributed by atoms with Gasteiger partial charge < -0.3 is 63.6 Å². The second kappa shape index (κ2) is 29.7. The molecule has 0 spiro atoms. The van der Waals surface area contributed by atoms with Crippen molar-refractivity contribution >= 4 is 59.2 Å². The molecule has 70 heavy (non-hydrogen) atoms. The molecule has 1 aliphatic heterocycles. The van der Waals surface area contributed by atoms with E-state index in [9.17, 15) is 53.4 Å². The van der Waals surface area contributed by atoms with Crippen LogP contribution in [0.1, 0.15) is 92.6 Å². The van der Waals surface area contributed by atoms with Crippen LogP contribution < -0.4 is 48.7 Å². The Bertz CT molecular complexity index is 2120. The molecule has 1 aromatic rings. The van der Waals surface area contributed by atoms with Gasteiger partial charge in [-0.1, -0.05) is 87.9 Å². The summed E-state index contributed by atoms with van der Waals surface area (Å²) in [6.07, 6.45) is 5.07. The quantitative estimate of drug-likeness (QED) is 0.0373. The highest BCUT2D eigenvalue weighted by molar-refractivity contribution is 6.00. The SMILES string of the molecule is C/C=C1\NC(=O)CC[C@H](C(=O)O)NC(=O)[C@@H](C)[C@H](/C=C/C(C)=C/[C@H](C)[C@H](Cc2ccccc2)OC)NC(=O)[C@H](CCCN=C(N)N)NC(=O)C[C@H](C(=O)O)NC(=O)[C@H](CC(C)C)NC(=O)[C@@H](C)NC1=O. The fourth-order valence-electron chi connectivity index (χ4n) is 7.26. The van der Waals surface area contributed by atoms with Gasteiger partial charge in [0.25, 0.3) is 5.91 Å². The molecule has 2 rings (SSSR count). The number of carboxylic acid groups (broad SMARTS) is 2. The van der Waals surface area contributed by atoms with Crippen LogP contribution in [0.2, 0.25) is 0 Å². The Labute approximate surface area is 408 Å². The van der Waals surface area contributed by atoms with Gasteiger partial charge in [0.05, 0.1) is 24.5 Å². The molecule has 0 aromatic heterocycles. The second-order valence-electron chi connectivity index (χ2n) is 17.7. The first-order chi connectivity index (χ1) is 32.9. The van der Waals surface area contributed by atoms with Gasteiger partial charge >= 0.3 is 11.9 Å². The first-order valence-electron chi connectivity index (χ1n) is 23.2. The van der Waals surface area contributed by atoms with E-state index < -0.39 is 115 Å². The summed E-state index contributed by atoms with van der Waals surface area (Å²) in [6, 6.07) is 1.12. The molecule has 0 bridgehead atoms. The number of methoxy groups -OCH3 is 1. The van der Waals surface area contributed by atoms with Crippen molar-refractivity contribution in [1.29, 1.82) is 0 Å². The number of aliphatic imine (C=N–C) groups is 1. The summed E-state index contributed by atoms with van der Waals surface area (Å²) < 4.78 is 5.81. The molecule has 13 N–H and O–H groups in total. The van der Waals surface area contributed by atoms with E-state index in [1.54, 1.807) is 34.0 Å². The number of nitrogens with zero attached hydrogens (tertiary/aromatic N) is 1. The third-order valence-electron chi connectivity index (χ3n) is 11.3. The average Bonchev–Trinajstić information content (AvgIpc) is 3.29. The Morgan fingerprint density at radius 2 is 1.46 bits per heavy atom. The third kappa shape index (κ3) is 21.0. The number of benzene rings is 1. The highest BCUT2D eigenvalue weighted by atomic mass is 16.5. The van der Waals surface area contributed by atoms with Crippen molar-refractivity contribution < 1.29 is 58.1 Å². The molecule has 1 fully saturated rings. The first kappa shape index (κ1) is 59.0. The maximum Gasteiger partial charge on any atom is 0.326 e. The summed E-state index contributed by atoms with van der Waals surface area (Å²) in [4.78, 5) is 124. The molecule has 1 aromatic carbocycles. The van der Waals surface area contributed by atoms with E-state index in [1.165, 1.54) is 32.9 Å². The minimum atomic E-state index is -1.85. The molecular formula is C48H72N10O12. The van der Waals surface area contributed by atoms with Crippen LogP contribution in [0.5, 0.6) is 0 Å². The Morgan fingerprint density at radius 1 is 0.829 bits per heavy atom. The Morgan fingerprint density at radius 3 is 2.04 bits per heavy atom. The minimum Gasteiger partial charge on any atom is -0.480 e. The lowest BCUT2D eigenvalue weighted by molar-refractivity contribution is -0.144. The van der Waals surface area contributed by atoms with Crippen LogP contribution in [-0.2, 0) is 54.3 Å². The van der Waals surface area contributed by atoms with Gasteiger partial charge in [-0.15, -0.1) is 0 Å². The second-order valence-corrected chi connectivity index (χ2v) is 17.7. The van der Waals surface area contributed by atoms with E-state index in [-0.39, 0.29) is 55.4 Å². The number of rotatable bonds is 15. The lowest BCUT2D eigenvalue weighted by atomic mass is 9.94. The van der Waals surface area contributed by atoms with Crippen LogP contribution >= 0.6 is 0 Å². The fraction of sp³-hybridized carbons (Fsp3) is 0.542. The van der Waals surface area contributed by atoms with Crippen molar-refractivity contribution in [3.05, 3.63) is 71.5 Å². The number of ether oxygens (including phenoxy) is 1. The molecule has 386 valence electrons. The number of carboxylic acids is 2. The number of guanidine groups is 1. The van der Waals surface area contributed by atoms with E-state index in [2.05, 4.69) is 42.2 Å². The summed E-state index contributed by atoms with van der Waals surface area (Å²) in [5.74, 6) is -11.0. The number of nitrogens with two attached hydrogens (primary N) is 2. The van der Waals surface area contributed by atoms with Crippen molar-refractivity contribution in [3.63, 3.8) is 0 Å². The molecule has 1 heterocycles. The van der Waals surface area contributed by atoms with E-state index in [1.807, 2.05) is 43.3 Å². The molecule has 9 atom stereocenters. The minimum absolute atomic E-state index is 0.0179. The van der Waals surface area contributed by atoms with Crippen molar-refractivity contribution in [1.82, 2.24) is 37.2 Å². The first-order valence-corrected chi connectivity index (χ1v) is 23.2. The van der Waals surface area contributed by atoms with Gasteiger partial charge in [-0.25, -0.2) is 9.59 Å². The van der Waals surface area contributed by atoms with Crippen molar-refractivity contribution in [2.75, 3.05) is 13.7 Å². The maximum atomic E-state index is 14.3. The van der Waals surface area contributed by atoms with Gasteiger partial charge in [0.1, 0.15) is 35.9 Å². The zero-order valence-electron chi connectivity index (χ0n) is 41.2. The standard InChI is InChI=1S/C48H72N10O12/c1-9-32-43(63)52-30(7)42(62)57-36(22-26(2)3)45(65)58-37(47(68)69)25-40(60)54-34(16-13-21-51-48(49)50)44(64)55-33(29(6)41(61)56-35(46(66)67)19-20-39(59)53-32)18-17-27(4)23-28(5)38(70-8)24-31-14-11-10-12-15-31/h9-12,14-15,17-18,23,26,28-30,33-38H,13,16,19-22,24-25H2,1-8H3,(H,52,63)(H,53,59)(H,54,60)(H,55,64)(H,56,61)(H,57,62)(H,58,65)(H,66,67)(H,68,69)(H4,49,50,51)/b18-17+,27-23+,32-9-/t28-,29-,30+,33-,34-,35+,36-,37+,38-/m0/s1. The van der Waals surface area contributed by atoms with E-state index in [4.69, 9.17) is 16.2 Å². The van der Waals surface area contributed by atoms with Crippen molar-refractivity contribution in [3.8, 4) is 0 Å². The molecule has 7 amide bonds. The highest BCUT2D eigenvalue weighted by Gasteiger charge is 2.34. The predicted octanol–water partition coefficient (Wildman–Crippen LogP) is 0.420. The van der Waals surface area contributed by atoms with Gasteiger partial charge in [-0.2, -0.15) is 0 Å². The van der Waals surface area contributed by atoms with Crippen molar-refractivity contribution in [2.24, 2.45) is 34.2 Å². The van der Waals surface area contributed by atoms with Gasteiger partial charge in [0.15, 0.2) is 5.96 Å². The summed E-state index contributed by atoms with van der Waals surface area (Å²) in [7, 11) is 1.61. The normalized spacial score (nSPS) is 24.9. The smallest absolute Gasteiger partial charge is 0.326 e. The van der Waals surface area contributed by atoms with Gasteiger partial charge in [0, 0.05) is 26.0 Å². The van der Waals surface area contributed by atoms with Crippen LogP contribution in [0.15, 0.2) is 70.9 Å². The summed E-state index contributed by atoms with van der Waals surface area (Å²) in [5.41, 5.74) is 12.5. The number of allylic oxidation sites excluding steroid dienone is 3. The third-order valence-corrected chi connectivity index (χ3v) is 11.3. The number of nitrogens with one attached hydrogen (secondary N) is 7. The van der Waals surface area contributed by atoms with Gasteiger partial charge in [0.2, 0.25) is 35.4 Å². The fourth-order valence-corrected chi connectivity index (χ4v) is 7.26. The predicted molar refractivity (Wildman–Crippen MR) is 260 cm³/mol. The zero-order valence-corrected chi connectivity index (χ0v) is 41.2. The lowest BCUT2D eigenvalue weighted by Crippen LogP contribution is -2.57. The Kier molecular flexibility index (Phi) is 25.1. The number of amides is 7. The molecule has 22 heteroatoms. The zero-order chi connectivity index (χ0) is 52.7. The number of carbonyl (C=O) groups excluding carboxylic acids is 7. The van der Waals surface area contributed by atoms with Crippen molar-refractivity contribution in [2.45, 2.75) is 136 Å². The molecule has 0 radical (unpaired) electrons. The van der Waals surface area contributed by atoms with Crippen LogP contribution in [0, 0.1) is 17.8 Å². The molecule has 0 aliphatic carbocycles. The van der Waals surface area contributed by atoms with Gasteiger partial charge in [-0.05, 0) is 64.4 Å². The maximum absolute atomic E-state index is 14.3. The monoisotopic (exact) mass is 981 g/mol. The molecule has 1 saturated heterocycles. The number of aliphatic carboxylic acids is 2. The molecular weight excluding hydrogens is 909 g/mol. The largest absolute Gasteiger partial charge is 0.480 e. The highest BCUT2D eigenvalue weighted by Crippen LogP contribution is 2.18. The summed E-state index contributed by atoms with van der Waals surface area (Å²) in [6.45, 7) is 11.5. The Hall–Kier alpha value is -7.10. The van der Waals surface area contributed by atoms with Crippen LogP contribution in [0.25, 0.3) is 0 Å². The van der Waals surface area contributed by atoms with E-state index >= 15 is 0 Å². The molecule has 22 nitrogen and oxygen atoms in total. The van der Waals surface area contributed by atoms with Crippen LogP contribution in [0.3, 0.4) is 0 Å². The lowest BCUT2D eigenvalue weighted by Gasteiger charge is -2.27. The topological polar surface area (TPSA) is 352 Å². The molecule has 1 aliphatic rings. The van der Waals surface area contributed by atoms with E-state index in [0.717, 1.165) is 5.56 Å². The van der Waals surface area contributed by atoms with Gasteiger partial charge in [-0.3, -0.25) is 38.6 Å². The van der Waals surface area contributed by atoms with Crippen LogP contribution in [0.4, 0.5) is 0 Å². The van der Waals surface area contributed by atoms with Crippen LogP contribution in [-0.4, -0.2) is 125 Å². The molecule has 0 unspecified atom stereocenters. The molecule has 0 saturated carbocycles. The average molecular weight is 981 g/mol.